The van der Waals surface area contributed by atoms with Crippen LogP contribution in [-0.4, -0.2) is 22.8 Å². The molecule has 0 aromatic carbocycles. The molecule has 11 heavy (non-hydrogen) atoms. The largest absolute Gasteiger partial charge is 0.481 e. The summed E-state index contributed by atoms with van der Waals surface area (Å²) in [4.78, 5) is 10.7. The molecule has 3 nitrogen and oxygen atoms in total. The van der Waals surface area contributed by atoms with Gasteiger partial charge in [-0.2, -0.15) is 0 Å². The second-order valence-corrected chi connectivity index (χ2v) is 2.61. The third-order valence-electron chi connectivity index (χ3n) is 1.85. The predicted octanol–water partition coefficient (Wildman–Crippen LogP) is 0.566. The van der Waals surface area contributed by atoms with Crippen molar-refractivity contribution in [3.05, 3.63) is 24.3 Å². The second-order valence-electron chi connectivity index (χ2n) is 2.61. The summed E-state index contributed by atoms with van der Waals surface area (Å²) in [6.07, 6.45) is 7.06. The van der Waals surface area contributed by atoms with Gasteiger partial charge in [0.05, 0.1) is 6.61 Å². The number of hydrogen-bond acceptors (Lipinski definition) is 2. The molecule has 0 fully saturated rings. The van der Waals surface area contributed by atoms with Crippen LogP contribution in [0.4, 0.5) is 0 Å². The minimum Gasteiger partial charge on any atom is -0.481 e. The first-order valence-electron chi connectivity index (χ1n) is 3.40. The highest BCUT2D eigenvalue weighted by molar-refractivity contribution is 5.78. The molecular weight excluding hydrogens is 144 g/mol. The van der Waals surface area contributed by atoms with Crippen LogP contribution >= 0.6 is 0 Å². The maximum absolute atomic E-state index is 10.7. The first-order valence-corrected chi connectivity index (χ1v) is 3.40. The molecule has 0 aromatic rings. The Balaban J connectivity index is 2.85. The molecule has 3 heteroatoms. The molecule has 0 aliphatic heterocycles. The number of carboxylic acids is 1. The number of aliphatic hydroxyl groups excluding tert-OH is 1. The number of carboxylic acid groups (broad SMARTS) is 1. The van der Waals surface area contributed by atoms with Crippen molar-refractivity contribution >= 4 is 5.97 Å². The monoisotopic (exact) mass is 154 g/mol. The summed E-state index contributed by atoms with van der Waals surface area (Å²) in [7, 11) is 0. The van der Waals surface area contributed by atoms with Gasteiger partial charge in [-0.25, -0.2) is 0 Å². The second kappa shape index (κ2) is 2.88. The molecule has 60 valence electrons. The van der Waals surface area contributed by atoms with Gasteiger partial charge in [0.1, 0.15) is 5.41 Å². The van der Waals surface area contributed by atoms with E-state index < -0.39 is 11.4 Å². The van der Waals surface area contributed by atoms with Crippen LogP contribution in [0.25, 0.3) is 0 Å². The number of aliphatic carboxylic acids is 1. The third-order valence-corrected chi connectivity index (χ3v) is 1.85. The molecule has 1 aliphatic rings. The molecule has 1 atom stereocenters. The van der Waals surface area contributed by atoms with Gasteiger partial charge in [-0.05, 0) is 6.42 Å². The van der Waals surface area contributed by atoms with Crippen LogP contribution < -0.4 is 0 Å². The summed E-state index contributed by atoms with van der Waals surface area (Å²) in [5.74, 6) is -0.972. The quantitative estimate of drug-likeness (QED) is 0.611. The fourth-order valence-electron chi connectivity index (χ4n) is 1.01. The lowest BCUT2D eigenvalue weighted by molar-refractivity contribution is -0.147. The highest BCUT2D eigenvalue weighted by atomic mass is 16.4. The van der Waals surface area contributed by atoms with E-state index in [9.17, 15) is 4.79 Å². The predicted molar refractivity (Wildman–Crippen MR) is 40.1 cm³/mol. The SMILES string of the molecule is O=C(O)C1(CO)C=CC=CC1. The van der Waals surface area contributed by atoms with Gasteiger partial charge < -0.3 is 10.2 Å². The van der Waals surface area contributed by atoms with Crippen molar-refractivity contribution in [1.82, 2.24) is 0 Å². The standard InChI is InChI=1S/C8H10O3/c9-6-8(7(10)11)4-2-1-3-5-8/h1-4,9H,5-6H2,(H,10,11). The molecule has 1 unspecified atom stereocenters. The van der Waals surface area contributed by atoms with Gasteiger partial charge >= 0.3 is 5.97 Å². The van der Waals surface area contributed by atoms with E-state index in [1.165, 1.54) is 6.08 Å². The molecule has 0 spiro atoms. The maximum Gasteiger partial charge on any atom is 0.316 e. The van der Waals surface area contributed by atoms with Gasteiger partial charge in [0.2, 0.25) is 0 Å². The highest BCUT2D eigenvalue weighted by Crippen LogP contribution is 2.27. The first kappa shape index (κ1) is 8.01. The zero-order valence-electron chi connectivity index (χ0n) is 6.03. The lowest BCUT2D eigenvalue weighted by atomic mass is 9.83. The number of rotatable bonds is 2. The number of carbonyl (C=O) groups is 1. The summed E-state index contributed by atoms with van der Waals surface area (Å²) >= 11 is 0. The molecule has 0 amide bonds. The Hall–Kier alpha value is -1.09. The molecule has 2 N–H and O–H groups in total. The van der Waals surface area contributed by atoms with Crippen LogP contribution in [0.2, 0.25) is 0 Å². The van der Waals surface area contributed by atoms with Gasteiger partial charge in [-0.1, -0.05) is 24.3 Å². The Morgan fingerprint density at radius 3 is 2.55 bits per heavy atom. The molecule has 1 aliphatic carbocycles. The van der Waals surface area contributed by atoms with Crippen molar-refractivity contribution in [3.63, 3.8) is 0 Å². The van der Waals surface area contributed by atoms with Crippen LogP contribution in [0.15, 0.2) is 24.3 Å². The van der Waals surface area contributed by atoms with Gasteiger partial charge in [0.15, 0.2) is 0 Å². The van der Waals surface area contributed by atoms with E-state index >= 15 is 0 Å². The van der Waals surface area contributed by atoms with Gasteiger partial charge in [-0.15, -0.1) is 0 Å². The molecule has 0 saturated heterocycles. The summed E-state index contributed by atoms with van der Waals surface area (Å²) in [5.41, 5.74) is -1.07. The Morgan fingerprint density at radius 1 is 1.55 bits per heavy atom. The molecule has 0 aromatic heterocycles. The van der Waals surface area contributed by atoms with Crippen molar-refractivity contribution in [2.45, 2.75) is 6.42 Å². The number of hydrogen-bond donors (Lipinski definition) is 2. The van der Waals surface area contributed by atoms with Crippen molar-refractivity contribution < 1.29 is 15.0 Å². The zero-order valence-corrected chi connectivity index (χ0v) is 6.03. The van der Waals surface area contributed by atoms with Crippen LogP contribution in [-0.2, 0) is 4.79 Å². The highest BCUT2D eigenvalue weighted by Gasteiger charge is 2.34. The van der Waals surface area contributed by atoms with E-state index in [1.807, 2.05) is 0 Å². The van der Waals surface area contributed by atoms with Gasteiger partial charge in [0.25, 0.3) is 0 Å². The van der Waals surface area contributed by atoms with Crippen LogP contribution in [0, 0.1) is 5.41 Å². The zero-order chi connectivity index (χ0) is 8.32. The third kappa shape index (κ3) is 1.33. The lowest BCUT2D eigenvalue weighted by Crippen LogP contribution is -2.33. The Kier molecular flexibility index (Phi) is 2.10. The Bertz CT molecular complexity index is 217. The van der Waals surface area contributed by atoms with Crippen molar-refractivity contribution in [1.29, 1.82) is 0 Å². The van der Waals surface area contributed by atoms with Gasteiger partial charge in [-0.3, -0.25) is 4.79 Å². The molecule has 0 radical (unpaired) electrons. The Morgan fingerprint density at radius 2 is 2.27 bits per heavy atom. The molecule has 0 bridgehead atoms. The van der Waals surface area contributed by atoms with Crippen LogP contribution in [0.1, 0.15) is 6.42 Å². The number of aliphatic hydroxyl groups is 1. The Labute approximate surface area is 64.7 Å². The summed E-state index contributed by atoms with van der Waals surface area (Å²) in [6.45, 7) is -0.344. The molecule has 1 rings (SSSR count). The molecular formula is C8H10O3. The van der Waals surface area contributed by atoms with Crippen molar-refractivity contribution in [3.8, 4) is 0 Å². The first-order chi connectivity index (χ1) is 5.21. The van der Waals surface area contributed by atoms with Crippen molar-refractivity contribution in [2.75, 3.05) is 6.61 Å². The summed E-state index contributed by atoms with van der Waals surface area (Å²) in [5, 5.41) is 17.6. The minimum absolute atomic E-state index is 0.344. The van der Waals surface area contributed by atoms with Gasteiger partial charge in [0, 0.05) is 0 Å². The smallest absolute Gasteiger partial charge is 0.316 e. The number of allylic oxidation sites excluding steroid dienone is 3. The van der Waals surface area contributed by atoms with E-state index in [2.05, 4.69) is 0 Å². The summed E-state index contributed by atoms with van der Waals surface area (Å²) in [6, 6.07) is 0. The maximum atomic E-state index is 10.7. The van der Waals surface area contributed by atoms with E-state index in [-0.39, 0.29) is 6.61 Å². The normalized spacial score (nSPS) is 28.8. The fraction of sp³-hybridized carbons (Fsp3) is 0.375. The molecule has 0 heterocycles. The fourth-order valence-corrected chi connectivity index (χ4v) is 1.01. The topological polar surface area (TPSA) is 57.5 Å². The average molecular weight is 154 g/mol. The molecule has 0 saturated carbocycles. The van der Waals surface area contributed by atoms with Crippen molar-refractivity contribution in [2.24, 2.45) is 5.41 Å². The van der Waals surface area contributed by atoms with Crippen LogP contribution in [0.5, 0.6) is 0 Å². The summed E-state index contributed by atoms with van der Waals surface area (Å²) < 4.78 is 0. The lowest BCUT2D eigenvalue weighted by Gasteiger charge is -2.23. The van der Waals surface area contributed by atoms with E-state index in [1.54, 1.807) is 18.2 Å². The van der Waals surface area contributed by atoms with E-state index in [0.29, 0.717) is 6.42 Å². The van der Waals surface area contributed by atoms with E-state index in [4.69, 9.17) is 10.2 Å². The van der Waals surface area contributed by atoms with Crippen LogP contribution in [0.3, 0.4) is 0 Å². The van der Waals surface area contributed by atoms with E-state index in [0.717, 1.165) is 0 Å². The average Bonchev–Trinajstić information content (AvgIpc) is 2.05. The minimum atomic E-state index is -1.07.